The second-order valence-corrected chi connectivity index (χ2v) is 7.70. The quantitative estimate of drug-likeness (QED) is 0.918. The fraction of sp³-hybridized carbons (Fsp3) is 0.467. The number of amides is 1. The highest BCUT2D eigenvalue weighted by atomic mass is 32.2. The van der Waals surface area contributed by atoms with E-state index < -0.39 is 21.3 Å². The molecule has 1 saturated heterocycles. The van der Waals surface area contributed by atoms with E-state index in [1.165, 1.54) is 11.0 Å². The number of benzene rings is 1. The zero-order valence-corrected chi connectivity index (χ0v) is 13.1. The lowest BCUT2D eigenvalue weighted by Crippen LogP contribution is -2.44. The summed E-state index contributed by atoms with van der Waals surface area (Å²) in [6.45, 7) is 0.695. The van der Waals surface area contributed by atoms with Crippen molar-refractivity contribution in [3.8, 4) is 6.07 Å². The summed E-state index contributed by atoms with van der Waals surface area (Å²) in [7, 11) is -3.32. The molecule has 0 aliphatic carbocycles. The number of carboxylic acid groups (broad SMARTS) is 1. The first kappa shape index (κ1) is 16.3. The molecule has 1 amide bonds. The maximum absolute atomic E-state index is 11.7. The molecular weight excluding hydrogens is 304 g/mol. The number of sulfone groups is 1. The molecule has 1 heterocycles. The van der Waals surface area contributed by atoms with Crippen LogP contribution in [-0.4, -0.2) is 43.9 Å². The predicted molar refractivity (Wildman–Crippen MR) is 80.3 cm³/mol. The van der Waals surface area contributed by atoms with Crippen LogP contribution in [0, 0.1) is 11.3 Å². The average Bonchev–Trinajstić information content (AvgIpc) is 2.47. The molecule has 1 aliphatic rings. The summed E-state index contributed by atoms with van der Waals surface area (Å²) < 4.78 is 23.4. The first-order valence-corrected chi connectivity index (χ1v) is 8.83. The van der Waals surface area contributed by atoms with Gasteiger partial charge in [-0.2, -0.15) is 5.26 Å². The van der Waals surface area contributed by atoms with Gasteiger partial charge in [-0.05, 0) is 30.5 Å². The van der Waals surface area contributed by atoms with Crippen LogP contribution in [0.15, 0.2) is 29.2 Å². The Balaban J connectivity index is 2.38. The van der Waals surface area contributed by atoms with E-state index in [2.05, 4.69) is 6.07 Å². The molecule has 1 fully saturated rings. The Morgan fingerprint density at radius 1 is 1.41 bits per heavy atom. The minimum atomic E-state index is -3.32. The number of nitriles is 1. The van der Waals surface area contributed by atoms with Gasteiger partial charge in [-0.25, -0.2) is 13.2 Å². The van der Waals surface area contributed by atoms with Crippen LogP contribution < -0.4 is 0 Å². The molecule has 1 N–H and O–H groups in total. The van der Waals surface area contributed by atoms with Crippen molar-refractivity contribution in [2.24, 2.45) is 0 Å². The lowest BCUT2D eigenvalue weighted by atomic mass is 9.71. The van der Waals surface area contributed by atoms with Crippen molar-refractivity contribution in [2.45, 2.75) is 29.6 Å². The largest absolute Gasteiger partial charge is 0.465 e. The van der Waals surface area contributed by atoms with Gasteiger partial charge < -0.3 is 10.0 Å². The van der Waals surface area contributed by atoms with Crippen molar-refractivity contribution in [1.29, 1.82) is 5.26 Å². The van der Waals surface area contributed by atoms with Gasteiger partial charge in [-0.1, -0.05) is 12.1 Å². The molecular formula is C15H18N2O4S. The molecule has 0 saturated carbocycles. The smallest absolute Gasteiger partial charge is 0.407 e. The fourth-order valence-electron chi connectivity index (χ4n) is 2.90. The van der Waals surface area contributed by atoms with Gasteiger partial charge in [-0.3, -0.25) is 0 Å². The van der Waals surface area contributed by atoms with E-state index in [0.29, 0.717) is 25.9 Å². The molecule has 0 spiro atoms. The van der Waals surface area contributed by atoms with Gasteiger partial charge in [0.2, 0.25) is 0 Å². The fourth-order valence-corrected chi connectivity index (χ4v) is 3.57. The highest BCUT2D eigenvalue weighted by molar-refractivity contribution is 7.90. The van der Waals surface area contributed by atoms with Crippen LogP contribution in [0.3, 0.4) is 0 Å². The highest BCUT2D eigenvalue weighted by Gasteiger charge is 2.37. The third-order valence-corrected chi connectivity index (χ3v) is 5.39. The summed E-state index contributed by atoms with van der Waals surface area (Å²) in [5.41, 5.74) is 0.309. The van der Waals surface area contributed by atoms with Crippen molar-refractivity contribution < 1.29 is 18.3 Å². The van der Waals surface area contributed by atoms with Gasteiger partial charge in [0.1, 0.15) is 0 Å². The third-order valence-electron chi connectivity index (χ3n) is 4.28. The van der Waals surface area contributed by atoms with Crippen LogP contribution in [0.1, 0.15) is 24.8 Å². The van der Waals surface area contributed by atoms with Crippen LogP contribution >= 0.6 is 0 Å². The maximum Gasteiger partial charge on any atom is 0.407 e. The molecule has 0 radical (unpaired) electrons. The van der Waals surface area contributed by atoms with Crippen LogP contribution in [0.5, 0.6) is 0 Å². The molecule has 118 valence electrons. The van der Waals surface area contributed by atoms with E-state index in [1.54, 1.807) is 12.1 Å². The summed E-state index contributed by atoms with van der Waals surface area (Å²) in [6, 6.07) is 8.81. The number of hydrogen-bond donors (Lipinski definition) is 1. The van der Waals surface area contributed by atoms with Crippen molar-refractivity contribution in [3.05, 3.63) is 29.8 Å². The van der Waals surface area contributed by atoms with Crippen LogP contribution in [0.25, 0.3) is 0 Å². The normalized spacial score (nSPS) is 17.7. The number of nitrogens with zero attached hydrogens (tertiary/aromatic N) is 2. The van der Waals surface area contributed by atoms with Crippen molar-refractivity contribution in [3.63, 3.8) is 0 Å². The van der Waals surface area contributed by atoms with Crippen LogP contribution in [0.4, 0.5) is 4.79 Å². The van der Waals surface area contributed by atoms with Crippen molar-refractivity contribution in [1.82, 2.24) is 4.90 Å². The Morgan fingerprint density at radius 3 is 2.55 bits per heavy atom. The number of likely N-dealkylation sites (tertiary alicyclic amines) is 1. The minimum Gasteiger partial charge on any atom is -0.465 e. The standard InChI is InChI=1S/C15H18N2O4S/c1-22(20,21)13-4-2-3-12(11-13)15(5-8-16)6-9-17(10-7-15)14(18)19/h2-4,11H,5-7,9-10H2,1H3,(H,18,19). The monoisotopic (exact) mass is 322 g/mol. The second-order valence-electron chi connectivity index (χ2n) is 5.68. The zero-order chi connectivity index (χ0) is 16.4. The highest BCUT2D eigenvalue weighted by Crippen LogP contribution is 2.39. The molecule has 22 heavy (non-hydrogen) atoms. The molecule has 0 unspecified atom stereocenters. The molecule has 2 rings (SSSR count). The Hall–Kier alpha value is -2.07. The van der Waals surface area contributed by atoms with Gasteiger partial charge in [0, 0.05) is 31.2 Å². The molecule has 0 bridgehead atoms. The molecule has 1 aliphatic heterocycles. The lowest BCUT2D eigenvalue weighted by Gasteiger charge is -2.40. The maximum atomic E-state index is 11.7. The van der Waals surface area contributed by atoms with Crippen molar-refractivity contribution >= 4 is 15.9 Å². The predicted octanol–water partition coefficient (Wildman–Crippen LogP) is 2.02. The Bertz CT molecular complexity index is 713. The Kier molecular flexibility index (Phi) is 4.42. The Morgan fingerprint density at radius 2 is 2.05 bits per heavy atom. The van der Waals surface area contributed by atoms with E-state index in [1.807, 2.05) is 6.07 Å². The van der Waals surface area contributed by atoms with E-state index in [-0.39, 0.29) is 11.3 Å². The summed E-state index contributed by atoms with van der Waals surface area (Å²) in [4.78, 5) is 12.6. The second kappa shape index (κ2) is 5.97. The summed E-state index contributed by atoms with van der Waals surface area (Å²) in [6.07, 6.45) is 1.46. The first-order valence-electron chi connectivity index (χ1n) is 6.94. The molecule has 1 aromatic carbocycles. The van der Waals surface area contributed by atoms with E-state index in [0.717, 1.165) is 11.8 Å². The number of piperidine rings is 1. The topological polar surface area (TPSA) is 98.5 Å². The van der Waals surface area contributed by atoms with Crippen molar-refractivity contribution in [2.75, 3.05) is 19.3 Å². The summed E-state index contributed by atoms with van der Waals surface area (Å²) in [5.74, 6) is 0. The minimum absolute atomic E-state index is 0.225. The average molecular weight is 322 g/mol. The molecule has 7 heteroatoms. The summed E-state index contributed by atoms with van der Waals surface area (Å²) in [5, 5.41) is 18.2. The zero-order valence-electron chi connectivity index (χ0n) is 12.3. The first-order chi connectivity index (χ1) is 10.3. The number of hydrogen-bond acceptors (Lipinski definition) is 4. The van der Waals surface area contributed by atoms with Gasteiger partial charge in [0.05, 0.1) is 11.0 Å². The number of carbonyl (C=O) groups is 1. The van der Waals surface area contributed by atoms with E-state index in [4.69, 9.17) is 10.4 Å². The Labute approximate surface area is 129 Å². The SMILES string of the molecule is CS(=O)(=O)c1cccc(C2(CC#N)CCN(C(=O)O)CC2)c1. The van der Waals surface area contributed by atoms with Gasteiger partial charge in [0.25, 0.3) is 0 Å². The van der Waals surface area contributed by atoms with Gasteiger partial charge in [0.15, 0.2) is 9.84 Å². The third kappa shape index (κ3) is 3.22. The van der Waals surface area contributed by atoms with Crippen LogP contribution in [0.2, 0.25) is 0 Å². The van der Waals surface area contributed by atoms with E-state index in [9.17, 15) is 13.2 Å². The van der Waals surface area contributed by atoms with Gasteiger partial charge >= 0.3 is 6.09 Å². The lowest BCUT2D eigenvalue weighted by molar-refractivity contribution is 0.117. The summed E-state index contributed by atoms with van der Waals surface area (Å²) >= 11 is 0. The molecule has 6 nitrogen and oxygen atoms in total. The molecule has 1 aromatic rings. The van der Waals surface area contributed by atoms with Gasteiger partial charge in [-0.15, -0.1) is 0 Å². The molecule has 0 atom stereocenters. The van der Waals surface area contributed by atoms with Crippen LogP contribution in [-0.2, 0) is 15.3 Å². The number of rotatable bonds is 3. The molecule has 0 aromatic heterocycles. The van der Waals surface area contributed by atoms with E-state index >= 15 is 0 Å².